The van der Waals surface area contributed by atoms with Gasteiger partial charge in [0, 0.05) is 30.3 Å². The average molecular weight is 564 g/mol. The van der Waals surface area contributed by atoms with Crippen molar-refractivity contribution in [2.75, 3.05) is 19.0 Å². The number of nitrogens with one attached hydrogen (secondary N) is 2. The summed E-state index contributed by atoms with van der Waals surface area (Å²) >= 11 is 0. The molecule has 1 aliphatic carbocycles. The first-order chi connectivity index (χ1) is 19.0. The molecule has 4 aromatic rings. The molecule has 5 rings (SSSR count). The number of nitrogens with zero attached hydrogens (tertiary/aromatic N) is 3. The molecule has 0 amide bonds. The van der Waals surface area contributed by atoms with E-state index in [1.54, 1.807) is 0 Å². The minimum absolute atomic E-state index is 0.0591. The lowest BCUT2D eigenvalue weighted by atomic mass is 10.0. The zero-order valence-corrected chi connectivity index (χ0v) is 21.7. The summed E-state index contributed by atoms with van der Waals surface area (Å²) in [6.07, 6.45) is -1.89. The Morgan fingerprint density at radius 2 is 1.82 bits per heavy atom. The Hall–Kier alpha value is -3.80. The van der Waals surface area contributed by atoms with Crippen molar-refractivity contribution in [1.29, 1.82) is 0 Å². The number of methoxy groups -OCH3 is 1. The zero-order chi connectivity index (χ0) is 28.7. The Kier molecular flexibility index (Phi) is 7.38. The highest BCUT2D eigenvalue weighted by atomic mass is 19.4. The number of hydrogen-bond acceptors (Lipinski definition) is 5. The molecule has 1 fully saturated rings. The number of hydrogen-bond donors (Lipinski definition) is 2. The van der Waals surface area contributed by atoms with Gasteiger partial charge in [-0.3, -0.25) is 0 Å². The van der Waals surface area contributed by atoms with Crippen LogP contribution >= 0.6 is 0 Å². The van der Waals surface area contributed by atoms with E-state index in [1.165, 1.54) is 17.8 Å². The van der Waals surface area contributed by atoms with Crippen LogP contribution in [0.4, 0.5) is 32.0 Å². The number of aryl methyl sites for hydroxylation is 1. The zero-order valence-electron chi connectivity index (χ0n) is 21.7. The largest absolute Gasteiger partial charge is 0.494 e. The Morgan fingerprint density at radius 3 is 2.48 bits per heavy atom. The summed E-state index contributed by atoms with van der Waals surface area (Å²) in [6, 6.07) is 9.85. The Labute approximate surface area is 226 Å². The molecule has 0 spiro atoms. The van der Waals surface area contributed by atoms with Crippen LogP contribution in [0.25, 0.3) is 16.9 Å². The monoisotopic (exact) mass is 563 g/mol. The van der Waals surface area contributed by atoms with Crippen LogP contribution in [-0.2, 0) is 12.5 Å². The smallest absolute Gasteiger partial charge is 0.390 e. The summed E-state index contributed by atoms with van der Waals surface area (Å²) < 4.78 is 90.2. The van der Waals surface area contributed by atoms with Crippen LogP contribution in [0.15, 0.2) is 48.7 Å². The number of ether oxygens (including phenoxy) is 1. The topological polar surface area (TPSA) is 63.5 Å². The van der Waals surface area contributed by atoms with Gasteiger partial charge < -0.3 is 15.4 Å². The number of fused-ring (bicyclic) bond motifs is 1. The fourth-order valence-electron chi connectivity index (χ4n) is 4.39. The summed E-state index contributed by atoms with van der Waals surface area (Å²) in [6.45, 7) is 2.07. The SMILES string of the molecule is COc1ccc(C(F)(F)c2cc(NCCC(F)(F)F)c3ncc(-c4ccc(CNC5CC5)c(C)c4)n3n2)cc1F. The van der Waals surface area contributed by atoms with Crippen molar-refractivity contribution in [3.8, 4) is 17.0 Å². The van der Waals surface area contributed by atoms with Gasteiger partial charge in [-0.25, -0.2) is 13.9 Å². The summed E-state index contributed by atoms with van der Waals surface area (Å²) in [5.41, 5.74) is 1.61. The molecule has 0 atom stereocenters. The van der Waals surface area contributed by atoms with Crippen LogP contribution in [0.3, 0.4) is 0 Å². The van der Waals surface area contributed by atoms with E-state index in [0.717, 1.165) is 42.2 Å². The summed E-state index contributed by atoms with van der Waals surface area (Å²) in [5, 5.41) is 10.2. The third-order valence-electron chi connectivity index (χ3n) is 6.82. The number of alkyl halides is 5. The second-order valence-corrected chi connectivity index (χ2v) is 9.83. The molecule has 2 heterocycles. The van der Waals surface area contributed by atoms with E-state index in [-0.39, 0.29) is 17.1 Å². The van der Waals surface area contributed by atoms with Crippen LogP contribution in [0, 0.1) is 12.7 Å². The van der Waals surface area contributed by atoms with E-state index >= 15 is 8.78 Å². The highest BCUT2D eigenvalue weighted by molar-refractivity contribution is 5.73. The Morgan fingerprint density at radius 1 is 1.05 bits per heavy atom. The third-order valence-corrected chi connectivity index (χ3v) is 6.82. The molecule has 1 aliphatic rings. The molecule has 0 bridgehead atoms. The van der Waals surface area contributed by atoms with Crippen molar-refractivity contribution in [2.45, 2.75) is 50.9 Å². The third kappa shape index (κ3) is 5.86. The first-order valence-corrected chi connectivity index (χ1v) is 12.7. The summed E-state index contributed by atoms with van der Waals surface area (Å²) in [4.78, 5) is 4.29. The van der Waals surface area contributed by atoms with Crippen LogP contribution in [0.1, 0.15) is 41.6 Å². The van der Waals surface area contributed by atoms with Crippen molar-refractivity contribution < 1.29 is 31.1 Å². The number of anilines is 1. The van der Waals surface area contributed by atoms with Crippen molar-refractivity contribution in [3.63, 3.8) is 0 Å². The van der Waals surface area contributed by atoms with Gasteiger partial charge in [-0.15, -0.1) is 0 Å². The van der Waals surface area contributed by atoms with Gasteiger partial charge in [0.25, 0.3) is 0 Å². The van der Waals surface area contributed by atoms with Crippen molar-refractivity contribution >= 4 is 11.3 Å². The van der Waals surface area contributed by atoms with Crippen molar-refractivity contribution in [2.24, 2.45) is 0 Å². The molecular weight excluding hydrogens is 536 g/mol. The molecule has 6 nitrogen and oxygen atoms in total. The Bertz CT molecular complexity index is 1530. The number of aromatic nitrogens is 3. The molecule has 2 N–H and O–H groups in total. The quantitative estimate of drug-likeness (QED) is 0.213. The van der Waals surface area contributed by atoms with Gasteiger partial charge in [0.05, 0.1) is 31.1 Å². The maximum atomic E-state index is 15.7. The van der Waals surface area contributed by atoms with Crippen LogP contribution in [0.2, 0.25) is 0 Å². The molecule has 0 saturated heterocycles. The van der Waals surface area contributed by atoms with Crippen LogP contribution < -0.4 is 15.4 Å². The molecule has 212 valence electrons. The molecule has 1 saturated carbocycles. The molecule has 12 heteroatoms. The maximum absolute atomic E-state index is 15.7. The van der Waals surface area contributed by atoms with Gasteiger partial charge in [0.1, 0.15) is 5.69 Å². The van der Waals surface area contributed by atoms with Crippen LogP contribution in [0.5, 0.6) is 5.75 Å². The first kappa shape index (κ1) is 27.8. The minimum atomic E-state index is -4.45. The molecule has 40 heavy (non-hydrogen) atoms. The van der Waals surface area contributed by atoms with Gasteiger partial charge in [0.2, 0.25) is 0 Å². The van der Waals surface area contributed by atoms with Gasteiger partial charge in [0.15, 0.2) is 17.2 Å². The lowest BCUT2D eigenvalue weighted by molar-refractivity contribution is -0.131. The average Bonchev–Trinajstić information content (AvgIpc) is 3.63. The molecule has 0 radical (unpaired) electrons. The lowest BCUT2D eigenvalue weighted by Crippen LogP contribution is -2.21. The predicted molar refractivity (Wildman–Crippen MR) is 138 cm³/mol. The second kappa shape index (κ2) is 10.6. The molecule has 0 unspecified atom stereocenters. The normalized spacial score (nSPS) is 14.1. The van der Waals surface area contributed by atoms with Gasteiger partial charge in [-0.1, -0.05) is 12.1 Å². The second-order valence-electron chi connectivity index (χ2n) is 9.83. The molecule has 2 aromatic heterocycles. The van der Waals surface area contributed by atoms with E-state index in [4.69, 9.17) is 4.74 Å². The number of halogens is 6. The van der Waals surface area contributed by atoms with E-state index in [9.17, 15) is 17.6 Å². The minimum Gasteiger partial charge on any atom is -0.494 e. The maximum Gasteiger partial charge on any atom is 0.390 e. The standard InChI is InChI=1S/C28H27F6N5O/c1-16-11-17(3-4-18(16)14-36-20-6-7-20)23-15-37-26-22(35-10-9-27(30,31)32)13-25(38-39(23)26)28(33,34)19-5-8-24(40-2)21(29)12-19/h3-5,8,11-13,15,20,35-36H,6-7,9-10,14H2,1-2H3. The Balaban J connectivity index is 1.57. The predicted octanol–water partition coefficient (Wildman–Crippen LogP) is 6.61. The van der Waals surface area contributed by atoms with Crippen molar-refractivity contribution in [1.82, 2.24) is 19.9 Å². The summed E-state index contributed by atoms with van der Waals surface area (Å²) in [5.74, 6) is -4.99. The van der Waals surface area contributed by atoms with E-state index < -0.39 is 42.1 Å². The van der Waals surface area contributed by atoms with Crippen LogP contribution in [-0.4, -0.2) is 40.5 Å². The van der Waals surface area contributed by atoms with Gasteiger partial charge in [-0.05, 0) is 61.2 Å². The molecular formula is C28H27F6N5O. The number of rotatable bonds is 10. The number of benzene rings is 2. The van der Waals surface area contributed by atoms with Crippen molar-refractivity contribution in [3.05, 3.63) is 76.9 Å². The molecule has 2 aromatic carbocycles. The number of imidazole rings is 1. The van der Waals surface area contributed by atoms with E-state index in [2.05, 4.69) is 20.7 Å². The van der Waals surface area contributed by atoms with E-state index in [0.29, 0.717) is 29.9 Å². The fourth-order valence-corrected chi connectivity index (χ4v) is 4.39. The van der Waals surface area contributed by atoms with E-state index in [1.807, 2.05) is 25.1 Å². The lowest BCUT2D eigenvalue weighted by Gasteiger charge is -2.19. The fraction of sp³-hybridized carbons (Fsp3) is 0.357. The van der Waals surface area contributed by atoms with Gasteiger partial charge in [-0.2, -0.15) is 27.1 Å². The highest BCUT2D eigenvalue weighted by Gasteiger charge is 2.38. The first-order valence-electron chi connectivity index (χ1n) is 12.7. The molecule has 0 aliphatic heterocycles. The highest BCUT2D eigenvalue weighted by Crippen LogP contribution is 2.38. The van der Waals surface area contributed by atoms with Gasteiger partial charge >= 0.3 is 12.1 Å². The summed E-state index contributed by atoms with van der Waals surface area (Å²) in [7, 11) is 1.21.